The number of rotatable bonds is 7. The topological polar surface area (TPSA) is 15.3 Å². The van der Waals surface area contributed by atoms with Crippen LogP contribution in [0.1, 0.15) is 59.8 Å². The Morgan fingerprint density at radius 2 is 2.00 bits per heavy atom. The first-order valence-corrected chi connectivity index (χ1v) is 7.47. The first-order valence-electron chi connectivity index (χ1n) is 7.47. The summed E-state index contributed by atoms with van der Waals surface area (Å²) in [6.07, 6.45) is 6.70. The van der Waals surface area contributed by atoms with Crippen molar-refractivity contribution in [1.82, 2.24) is 10.2 Å². The minimum Gasteiger partial charge on any atom is -0.313 e. The van der Waals surface area contributed by atoms with Gasteiger partial charge < -0.3 is 10.2 Å². The van der Waals surface area contributed by atoms with Gasteiger partial charge in [0, 0.05) is 12.6 Å². The van der Waals surface area contributed by atoms with Crippen molar-refractivity contribution in [3.63, 3.8) is 0 Å². The predicted octanol–water partition coefficient (Wildman–Crippen LogP) is 3.28. The molecule has 1 aliphatic rings. The smallest absolute Gasteiger partial charge is 0.0195 e. The van der Waals surface area contributed by atoms with E-state index in [0.29, 0.717) is 5.41 Å². The van der Waals surface area contributed by atoms with E-state index < -0.39 is 0 Å². The van der Waals surface area contributed by atoms with Gasteiger partial charge in [-0.3, -0.25) is 0 Å². The van der Waals surface area contributed by atoms with Crippen molar-refractivity contribution in [2.45, 2.75) is 65.8 Å². The highest BCUT2D eigenvalue weighted by Gasteiger charge is 2.19. The Hall–Kier alpha value is -0.0800. The fourth-order valence-electron chi connectivity index (χ4n) is 2.39. The zero-order chi connectivity index (χ0) is 12.7. The van der Waals surface area contributed by atoms with E-state index >= 15 is 0 Å². The molecule has 1 aliphatic heterocycles. The van der Waals surface area contributed by atoms with Gasteiger partial charge in [-0.15, -0.1) is 0 Å². The van der Waals surface area contributed by atoms with Gasteiger partial charge in [0.25, 0.3) is 0 Å². The molecular weight excluding hydrogens is 208 g/mol. The first-order chi connectivity index (χ1) is 8.01. The van der Waals surface area contributed by atoms with Crippen LogP contribution < -0.4 is 5.32 Å². The molecule has 0 radical (unpaired) electrons. The van der Waals surface area contributed by atoms with Crippen LogP contribution in [0.15, 0.2) is 0 Å². The van der Waals surface area contributed by atoms with Crippen molar-refractivity contribution < 1.29 is 0 Å². The summed E-state index contributed by atoms with van der Waals surface area (Å²) in [7, 11) is 0. The number of nitrogens with one attached hydrogen (secondary N) is 1. The van der Waals surface area contributed by atoms with Crippen LogP contribution in [0, 0.1) is 5.41 Å². The summed E-state index contributed by atoms with van der Waals surface area (Å²) < 4.78 is 0. The number of nitrogens with zero attached hydrogens (tertiary/aromatic N) is 1. The molecule has 0 aromatic rings. The SMILES string of the molecule is CCCCN(CCC(C)(C)C)CC1CCCN1. The van der Waals surface area contributed by atoms with Gasteiger partial charge in [-0.25, -0.2) is 0 Å². The van der Waals surface area contributed by atoms with E-state index in [2.05, 4.69) is 37.9 Å². The van der Waals surface area contributed by atoms with E-state index in [9.17, 15) is 0 Å². The summed E-state index contributed by atoms with van der Waals surface area (Å²) in [5.41, 5.74) is 0.466. The first kappa shape index (κ1) is 15.0. The summed E-state index contributed by atoms with van der Waals surface area (Å²) in [5, 5.41) is 3.62. The Kier molecular flexibility index (Phi) is 6.50. The second-order valence-corrected chi connectivity index (χ2v) is 6.76. The molecule has 0 saturated carbocycles. The third-order valence-corrected chi connectivity index (χ3v) is 3.65. The van der Waals surface area contributed by atoms with Gasteiger partial charge >= 0.3 is 0 Å². The lowest BCUT2D eigenvalue weighted by molar-refractivity contribution is 0.209. The quantitative estimate of drug-likeness (QED) is 0.735. The zero-order valence-corrected chi connectivity index (χ0v) is 12.4. The maximum absolute atomic E-state index is 3.62. The van der Waals surface area contributed by atoms with E-state index in [4.69, 9.17) is 0 Å². The van der Waals surface area contributed by atoms with Gasteiger partial charge in [0.15, 0.2) is 0 Å². The fourth-order valence-corrected chi connectivity index (χ4v) is 2.39. The molecule has 0 amide bonds. The van der Waals surface area contributed by atoms with Crippen LogP contribution in [0.2, 0.25) is 0 Å². The van der Waals surface area contributed by atoms with Gasteiger partial charge in [-0.1, -0.05) is 34.1 Å². The summed E-state index contributed by atoms with van der Waals surface area (Å²) >= 11 is 0. The molecule has 2 heteroatoms. The van der Waals surface area contributed by atoms with Crippen LogP contribution in [0.3, 0.4) is 0 Å². The van der Waals surface area contributed by atoms with Crippen molar-refractivity contribution >= 4 is 0 Å². The highest BCUT2D eigenvalue weighted by Crippen LogP contribution is 2.19. The molecule has 1 saturated heterocycles. The Labute approximate surface area is 108 Å². The zero-order valence-electron chi connectivity index (χ0n) is 12.4. The molecule has 1 atom stereocenters. The molecule has 1 rings (SSSR count). The summed E-state index contributed by atoms with van der Waals surface area (Å²) in [4.78, 5) is 2.68. The third-order valence-electron chi connectivity index (χ3n) is 3.65. The van der Waals surface area contributed by atoms with Gasteiger partial charge in [0.05, 0.1) is 0 Å². The average Bonchev–Trinajstić information content (AvgIpc) is 2.73. The number of hydrogen-bond acceptors (Lipinski definition) is 2. The fraction of sp³-hybridized carbons (Fsp3) is 1.00. The lowest BCUT2D eigenvalue weighted by atomic mass is 9.92. The van der Waals surface area contributed by atoms with E-state index in [1.54, 1.807) is 0 Å². The molecule has 2 nitrogen and oxygen atoms in total. The molecule has 102 valence electrons. The Morgan fingerprint density at radius 3 is 2.53 bits per heavy atom. The Balaban J connectivity index is 2.30. The van der Waals surface area contributed by atoms with Crippen molar-refractivity contribution in [3.8, 4) is 0 Å². The van der Waals surface area contributed by atoms with Gasteiger partial charge in [-0.2, -0.15) is 0 Å². The summed E-state index contributed by atoms with van der Waals surface area (Å²) in [6.45, 7) is 14.4. The largest absolute Gasteiger partial charge is 0.313 e. The van der Waals surface area contributed by atoms with Crippen LogP contribution >= 0.6 is 0 Å². The molecule has 1 fully saturated rings. The maximum atomic E-state index is 3.62. The van der Waals surface area contributed by atoms with Crippen LogP contribution in [-0.4, -0.2) is 37.1 Å². The normalized spacial score (nSPS) is 21.4. The van der Waals surface area contributed by atoms with Crippen molar-refractivity contribution in [2.24, 2.45) is 5.41 Å². The van der Waals surface area contributed by atoms with Crippen LogP contribution in [-0.2, 0) is 0 Å². The number of unbranched alkanes of at least 4 members (excludes halogenated alkanes) is 1. The summed E-state index contributed by atoms with van der Waals surface area (Å²) in [5.74, 6) is 0. The molecule has 0 aromatic heterocycles. The van der Waals surface area contributed by atoms with E-state index in [0.717, 1.165) is 6.04 Å². The maximum Gasteiger partial charge on any atom is 0.0195 e. The molecule has 0 aromatic carbocycles. The number of hydrogen-bond donors (Lipinski definition) is 1. The standard InChI is InChI=1S/C15H32N2/c1-5-6-11-17(12-9-15(2,3)4)13-14-8-7-10-16-14/h14,16H,5-13H2,1-4H3. The minimum atomic E-state index is 0.466. The van der Waals surface area contributed by atoms with Crippen molar-refractivity contribution in [3.05, 3.63) is 0 Å². The average molecular weight is 240 g/mol. The third kappa shape index (κ3) is 7.05. The summed E-state index contributed by atoms with van der Waals surface area (Å²) in [6, 6.07) is 0.756. The van der Waals surface area contributed by atoms with Crippen LogP contribution in [0.25, 0.3) is 0 Å². The minimum absolute atomic E-state index is 0.466. The van der Waals surface area contributed by atoms with E-state index in [1.165, 1.54) is 58.3 Å². The molecule has 1 heterocycles. The molecule has 0 aliphatic carbocycles. The predicted molar refractivity (Wildman–Crippen MR) is 76.4 cm³/mol. The van der Waals surface area contributed by atoms with E-state index in [-0.39, 0.29) is 0 Å². The molecular formula is C15H32N2. The second-order valence-electron chi connectivity index (χ2n) is 6.76. The van der Waals surface area contributed by atoms with Crippen LogP contribution in [0.5, 0.6) is 0 Å². The molecule has 1 unspecified atom stereocenters. The lowest BCUT2D eigenvalue weighted by Crippen LogP contribution is -2.39. The Morgan fingerprint density at radius 1 is 1.24 bits per heavy atom. The monoisotopic (exact) mass is 240 g/mol. The highest BCUT2D eigenvalue weighted by molar-refractivity contribution is 4.78. The molecule has 1 N–H and O–H groups in total. The van der Waals surface area contributed by atoms with Gasteiger partial charge in [-0.05, 0) is 50.7 Å². The van der Waals surface area contributed by atoms with E-state index in [1.807, 2.05) is 0 Å². The molecule has 0 bridgehead atoms. The second kappa shape index (κ2) is 7.38. The van der Waals surface area contributed by atoms with Gasteiger partial charge in [0.2, 0.25) is 0 Å². The van der Waals surface area contributed by atoms with Crippen molar-refractivity contribution in [2.75, 3.05) is 26.2 Å². The Bertz CT molecular complexity index is 190. The molecule has 17 heavy (non-hydrogen) atoms. The lowest BCUT2D eigenvalue weighted by Gasteiger charge is -2.29. The van der Waals surface area contributed by atoms with Crippen LogP contribution in [0.4, 0.5) is 0 Å². The van der Waals surface area contributed by atoms with Crippen molar-refractivity contribution in [1.29, 1.82) is 0 Å². The molecule has 0 spiro atoms. The van der Waals surface area contributed by atoms with Gasteiger partial charge in [0.1, 0.15) is 0 Å². The highest BCUT2D eigenvalue weighted by atomic mass is 15.1.